The minimum Gasteiger partial charge on any atom is -0.475 e. The fourth-order valence-electron chi connectivity index (χ4n) is 3.81. The molecule has 1 aliphatic carbocycles. The van der Waals surface area contributed by atoms with Gasteiger partial charge in [0.05, 0.1) is 5.54 Å². The van der Waals surface area contributed by atoms with E-state index in [2.05, 4.69) is 10.3 Å². The molecule has 2 unspecified atom stereocenters. The molecule has 0 aromatic carbocycles. The quantitative estimate of drug-likeness (QED) is 0.754. The van der Waals surface area contributed by atoms with E-state index in [9.17, 15) is 22.8 Å². The highest BCUT2D eigenvalue weighted by molar-refractivity contribution is 5.84. The van der Waals surface area contributed by atoms with Crippen LogP contribution in [0.2, 0.25) is 0 Å². The van der Waals surface area contributed by atoms with Crippen molar-refractivity contribution < 1.29 is 32.2 Å². The first-order valence-electron chi connectivity index (χ1n) is 10.1. The Labute approximate surface area is 179 Å². The van der Waals surface area contributed by atoms with Crippen LogP contribution in [0, 0.1) is 17.8 Å². The maximum atomic E-state index is 13.1. The van der Waals surface area contributed by atoms with Crippen molar-refractivity contribution in [3.8, 4) is 5.88 Å². The average Bonchev–Trinajstić information content (AvgIpc) is 3.12. The van der Waals surface area contributed by atoms with E-state index in [1.165, 1.54) is 12.3 Å². The van der Waals surface area contributed by atoms with Gasteiger partial charge in [0.15, 0.2) is 0 Å². The van der Waals surface area contributed by atoms with Gasteiger partial charge in [0.1, 0.15) is 17.8 Å². The first-order valence-corrected chi connectivity index (χ1v) is 10.1. The molecular weight excluding hydrogens is 415 g/mol. The summed E-state index contributed by atoms with van der Waals surface area (Å²) in [5.74, 6) is -0.801. The number of carbonyl (C=O) groups is 2. The normalized spacial score (nSPS) is 23.2. The highest BCUT2D eigenvalue weighted by Gasteiger charge is 2.61. The molecule has 10 heteroatoms. The second kappa shape index (κ2) is 7.87. The van der Waals surface area contributed by atoms with E-state index in [-0.39, 0.29) is 36.4 Å². The van der Waals surface area contributed by atoms with Crippen molar-refractivity contribution in [1.29, 1.82) is 0 Å². The van der Waals surface area contributed by atoms with E-state index < -0.39 is 28.8 Å². The molecule has 172 valence electrons. The van der Waals surface area contributed by atoms with Crippen LogP contribution < -0.4 is 10.1 Å². The van der Waals surface area contributed by atoms with E-state index in [1.54, 1.807) is 39.5 Å². The van der Waals surface area contributed by atoms with Gasteiger partial charge < -0.3 is 19.7 Å². The second-order valence-corrected chi connectivity index (χ2v) is 9.75. The maximum absolute atomic E-state index is 13.1. The SMILES string of the molecule is CC(C)(COc1ncccc1C(F)(F)F)NC(=O)C1C2CN(C(=O)OC(C)(C)C)CC21. The average molecular weight is 443 g/mol. The van der Waals surface area contributed by atoms with Crippen LogP contribution in [-0.2, 0) is 15.7 Å². The molecule has 2 fully saturated rings. The molecular formula is C21H28F3N3O4. The number of hydrogen-bond acceptors (Lipinski definition) is 5. The van der Waals surface area contributed by atoms with Crippen molar-refractivity contribution in [3.05, 3.63) is 23.9 Å². The van der Waals surface area contributed by atoms with Crippen molar-refractivity contribution in [2.45, 2.75) is 51.9 Å². The zero-order chi connectivity index (χ0) is 23.2. The summed E-state index contributed by atoms with van der Waals surface area (Å²) in [6.07, 6.45) is -3.75. The van der Waals surface area contributed by atoms with Gasteiger partial charge in [-0.05, 0) is 58.6 Å². The molecule has 0 radical (unpaired) electrons. The smallest absolute Gasteiger partial charge is 0.421 e. The Morgan fingerprint density at radius 1 is 1.16 bits per heavy atom. The van der Waals surface area contributed by atoms with Crippen molar-refractivity contribution in [1.82, 2.24) is 15.2 Å². The molecule has 3 rings (SSSR count). The molecule has 31 heavy (non-hydrogen) atoms. The van der Waals surface area contributed by atoms with Crippen molar-refractivity contribution in [3.63, 3.8) is 0 Å². The zero-order valence-corrected chi connectivity index (χ0v) is 18.2. The van der Waals surface area contributed by atoms with Gasteiger partial charge in [0.25, 0.3) is 0 Å². The van der Waals surface area contributed by atoms with Gasteiger partial charge in [-0.25, -0.2) is 9.78 Å². The molecule has 2 atom stereocenters. The van der Waals surface area contributed by atoms with Crippen LogP contribution in [0.5, 0.6) is 5.88 Å². The number of rotatable bonds is 5. The van der Waals surface area contributed by atoms with Gasteiger partial charge in [0.2, 0.25) is 11.8 Å². The standard InChI is InChI=1S/C21H28F3N3O4/c1-19(2,3)31-18(29)27-9-12-13(10-27)15(12)16(28)26-20(4,5)11-30-17-14(21(22,23)24)7-6-8-25-17/h6-8,12-13,15H,9-11H2,1-5H3,(H,26,28). The molecule has 0 bridgehead atoms. The number of nitrogens with zero attached hydrogens (tertiary/aromatic N) is 2. The molecule has 2 amide bonds. The van der Waals surface area contributed by atoms with Crippen LogP contribution in [0.15, 0.2) is 18.3 Å². The number of pyridine rings is 1. The Morgan fingerprint density at radius 2 is 1.77 bits per heavy atom. The third kappa shape index (κ3) is 5.59. The monoisotopic (exact) mass is 443 g/mol. The highest BCUT2D eigenvalue weighted by Crippen LogP contribution is 2.52. The van der Waals surface area contributed by atoms with Crippen molar-refractivity contribution >= 4 is 12.0 Å². The lowest BCUT2D eigenvalue weighted by Gasteiger charge is -2.28. The number of likely N-dealkylation sites (tertiary alicyclic amines) is 1. The maximum Gasteiger partial charge on any atom is 0.421 e. The minimum atomic E-state index is -4.58. The Bertz CT molecular complexity index is 839. The second-order valence-electron chi connectivity index (χ2n) is 9.75. The van der Waals surface area contributed by atoms with Crippen LogP contribution in [0.25, 0.3) is 0 Å². The Hall–Kier alpha value is -2.52. The number of alkyl halides is 3. The van der Waals surface area contributed by atoms with Gasteiger partial charge in [-0.1, -0.05) is 0 Å². The molecule has 2 heterocycles. The Kier molecular flexibility index (Phi) is 5.88. The zero-order valence-electron chi connectivity index (χ0n) is 18.2. The number of aromatic nitrogens is 1. The summed E-state index contributed by atoms with van der Waals surface area (Å²) in [4.78, 5) is 30.1. The molecule has 1 aromatic heterocycles. The Morgan fingerprint density at radius 3 is 2.32 bits per heavy atom. The van der Waals surface area contributed by atoms with Crippen LogP contribution in [-0.4, -0.2) is 52.7 Å². The van der Waals surface area contributed by atoms with E-state index in [0.29, 0.717) is 13.1 Å². The Balaban J connectivity index is 1.51. The fraction of sp³-hybridized carbons (Fsp3) is 0.667. The van der Waals surface area contributed by atoms with Crippen molar-refractivity contribution in [2.24, 2.45) is 17.8 Å². The van der Waals surface area contributed by atoms with E-state index in [4.69, 9.17) is 9.47 Å². The number of nitrogens with one attached hydrogen (secondary N) is 1. The molecule has 1 aliphatic heterocycles. The lowest BCUT2D eigenvalue weighted by Crippen LogP contribution is -2.49. The lowest BCUT2D eigenvalue weighted by atomic mass is 10.1. The number of fused-ring (bicyclic) bond motifs is 1. The largest absolute Gasteiger partial charge is 0.475 e. The number of hydrogen-bond donors (Lipinski definition) is 1. The van der Waals surface area contributed by atoms with Gasteiger partial charge in [-0.15, -0.1) is 0 Å². The summed E-state index contributed by atoms with van der Waals surface area (Å²) < 4.78 is 49.9. The molecule has 2 aliphatic rings. The van der Waals surface area contributed by atoms with Crippen LogP contribution in [0.1, 0.15) is 40.2 Å². The summed E-state index contributed by atoms with van der Waals surface area (Å²) >= 11 is 0. The third-order valence-corrected chi connectivity index (χ3v) is 5.26. The third-order valence-electron chi connectivity index (χ3n) is 5.26. The van der Waals surface area contributed by atoms with E-state index in [0.717, 1.165) is 6.07 Å². The molecule has 1 aromatic rings. The summed E-state index contributed by atoms with van der Waals surface area (Å²) in [6, 6.07) is 2.09. The van der Waals surface area contributed by atoms with E-state index >= 15 is 0 Å². The van der Waals surface area contributed by atoms with Gasteiger partial charge in [-0.3, -0.25) is 4.79 Å². The number of carbonyl (C=O) groups excluding carboxylic acids is 2. The van der Waals surface area contributed by atoms with Gasteiger partial charge in [-0.2, -0.15) is 13.2 Å². The predicted octanol–water partition coefficient (Wildman–Crippen LogP) is 3.49. The minimum absolute atomic E-state index is 0.0665. The molecule has 7 nitrogen and oxygen atoms in total. The molecule has 1 saturated heterocycles. The lowest BCUT2D eigenvalue weighted by molar-refractivity contribution is -0.139. The number of halogens is 3. The molecule has 1 N–H and O–H groups in total. The summed E-state index contributed by atoms with van der Waals surface area (Å²) in [6.45, 7) is 9.47. The van der Waals surface area contributed by atoms with E-state index in [1.807, 2.05) is 0 Å². The topological polar surface area (TPSA) is 80.8 Å². The number of ether oxygens (including phenoxy) is 2. The first-order chi connectivity index (χ1) is 14.2. The van der Waals surface area contributed by atoms with Crippen molar-refractivity contribution in [2.75, 3.05) is 19.7 Å². The van der Waals surface area contributed by atoms with Crippen LogP contribution in [0.4, 0.5) is 18.0 Å². The van der Waals surface area contributed by atoms with Gasteiger partial charge >= 0.3 is 12.3 Å². The molecule has 0 spiro atoms. The van der Waals surface area contributed by atoms with Crippen LogP contribution >= 0.6 is 0 Å². The highest BCUT2D eigenvalue weighted by atomic mass is 19.4. The first kappa shape index (κ1) is 23.1. The molecule has 1 saturated carbocycles. The predicted molar refractivity (Wildman–Crippen MR) is 105 cm³/mol. The number of piperidine rings is 1. The summed E-state index contributed by atoms with van der Waals surface area (Å²) in [5, 5.41) is 2.85. The van der Waals surface area contributed by atoms with Gasteiger partial charge in [0, 0.05) is 25.2 Å². The summed E-state index contributed by atoms with van der Waals surface area (Å²) in [7, 11) is 0. The van der Waals surface area contributed by atoms with Crippen LogP contribution in [0.3, 0.4) is 0 Å². The number of amides is 2. The fourth-order valence-corrected chi connectivity index (χ4v) is 3.81. The summed E-state index contributed by atoms with van der Waals surface area (Å²) in [5.41, 5.74) is -2.44.